The topological polar surface area (TPSA) is 87.7 Å². The highest BCUT2D eigenvalue weighted by Gasteiger charge is 2.35. The zero-order valence-electron chi connectivity index (χ0n) is 20.7. The Balaban J connectivity index is 1.71. The first-order valence-electron chi connectivity index (χ1n) is 12.0. The average molecular weight is 500 g/mol. The van der Waals surface area contributed by atoms with E-state index >= 15 is 0 Å². The van der Waals surface area contributed by atoms with Crippen LogP contribution < -0.4 is 15.4 Å². The monoisotopic (exact) mass is 499 g/mol. The van der Waals surface area contributed by atoms with Gasteiger partial charge in [-0.25, -0.2) is 0 Å². The number of piperidine rings is 1. The van der Waals surface area contributed by atoms with Crippen molar-refractivity contribution >= 4 is 29.3 Å². The van der Waals surface area contributed by atoms with Gasteiger partial charge in [-0.15, -0.1) is 0 Å². The molecule has 0 aromatic heterocycles. The second kappa shape index (κ2) is 12.1. The van der Waals surface area contributed by atoms with Crippen LogP contribution >= 0.6 is 11.6 Å². The molecule has 2 atom stereocenters. The fourth-order valence-electron chi connectivity index (χ4n) is 4.06. The largest absolute Gasteiger partial charge is 0.497 e. The molecule has 3 rings (SSSR count). The summed E-state index contributed by atoms with van der Waals surface area (Å²) in [6.07, 6.45) is 1.22. The Morgan fingerprint density at radius 3 is 2.03 bits per heavy atom. The van der Waals surface area contributed by atoms with E-state index in [2.05, 4.69) is 10.6 Å². The lowest BCUT2D eigenvalue weighted by Gasteiger charge is -2.36. The highest BCUT2D eigenvalue weighted by Crippen LogP contribution is 2.24. The van der Waals surface area contributed by atoms with Gasteiger partial charge in [0.25, 0.3) is 11.8 Å². The van der Waals surface area contributed by atoms with Gasteiger partial charge >= 0.3 is 0 Å². The number of carbonyl (C=O) groups excluding carboxylic acids is 3. The third-order valence-electron chi connectivity index (χ3n) is 6.68. The van der Waals surface area contributed by atoms with Crippen molar-refractivity contribution in [2.45, 2.75) is 45.7 Å². The Bertz CT molecular complexity index is 1020. The van der Waals surface area contributed by atoms with Gasteiger partial charge in [0.1, 0.15) is 11.8 Å². The lowest BCUT2D eigenvalue weighted by atomic mass is 9.87. The summed E-state index contributed by atoms with van der Waals surface area (Å²) in [6.45, 7) is 7.05. The zero-order valence-corrected chi connectivity index (χ0v) is 21.5. The molecular formula is C27H34ClN3O4. The molecule has 35 heavy (non-hydrogen) atoms. The number of ether oxygens (including phenoxy) is 1. The van der Waals surface area contributed by atoms with Crippen LogP contribution in [0, 0.1) is 11.8 Å². The Hall–Kier alpha value is -3.06. The summed E-state index contributed by atoms with van der Waals surface area (Å²) in [5.41, 5.74) is 1.04. The highest BCUT2D eigenvalue weighted by atomic mass is 35.5. The summed E-state index contributed by atoms with van der Waals surface area (Å²) >= 11 is 5.94. The molecule has 8 heteroatoms. The lowest BCUT2D eigenvalue weighted by molar-refractivity contribution is -0.125. The Labute approximate surface area is 212 Å². The van der Waals surface area contributed by atoms with Crippen LogP contribution in [0.2, 0.25) is 5.02 Å². The van der Waals surface area contributed by atoms with Gasteiger partial charge in [-0.05, 0) is 80.1 Å². The molecule has 2 aromatic carbocycles. The van der Waals surface area contributed by atoms with Crippen LogP contribution in [0.4, 0.5) is 0 Å². The molecule has 2 aromatic rings. The number of likely N-dealkylation sites (tertiary alicyclic amines) is 1. The van der Waals surface area contributed by atoms with E-state index in [1.54, 1.807) is 60.5 Å². The van der Waals surface area contributed by atoms with Crippen LogP contribution in [0.25, 0.3) is 0 Å². The van der Waals surface area contributed by atoms with Crippen molar-refractivity contribution in [3.05, 3.63) is 64.7 Å². The number of nitrogens with zero attached hydrogens (tertiary/aromatic N) is 1. The number of hydrogen-bond acceptors (Lipinski definition) is 4. The number of methoxy groups -OCH3 is 1. The second-order valence-corrected chi connectivity index (χ2v) is 9.79. The first-order chi connectivity index (χ1) is 16.7. The molecule has 188 valence electrons. The fraction of sp³-hybridized carbons (Fsp3) is 0.444. The molecule has 2 N–H and O–H groups in total. The molecule has 1 aliphatic heterocycles. The highest BCUT2D eigenvalue weighted by molar-refractivity contribution is 6.30. The number of rotatable bonds is 8. The Morgan fingerprint density at radius 2 is 1.49 bits per heavy atom. The summed E-state index contributed by atoms with van der Waals surface area (Å²) in [5, 5.41) is 6.59. The van der Waals surface area contributed by atoms with E-state index in [1.165, 1.54) is 0 Å². The molecule has 2 unspecified atom stereocenters. The molecule has 0 radical (unpaired) electrons. The molecule has 3 amide bonds. The van der Waals surface area contributed by atoms with E-state index in [0.717, 1.165) is 0 Å². The SMILES string of the molecule is COc1ccc(C(=O)NC(C(=O)NC(C)C(C)C)C2CCN(C(=O)c3ccc(Cl)cc3)CC2)cc1. The second-order valence-electron chi connectivity index (χ2n) is 9.36. The van der Waals surface area contributed by atoms with Gasteiger partial charge in [0.2, 0.25) is 5.91 Å². The van der Waals surface area contributed by atoms with Crippen molar-refractivity contribution in [3.63, 3.8) is 0 Å². The molecule has 1 saturated heterocycles. The number of amides is 3. The molecule has 0 saturated carbocycles. The van der Waals surface area contributed by atoms with Crippen molar-refractivity contribution in [1.29, 1.82) is 0 Å². The van der Waals surface area contributed by atoms with Gasteiger partial charge in [-0.3, -0.25) is 14.4 Å². The minimum atomic E-state index is -0.696. The molecule has 1 heterocycles. The van der Waals surface area contributed by atoms with Crippen LogP contribution in [0.1, 0.15) is 54.3 Å². The maximum atomic E-state index is 13.3. The Kier molecular flexibility index (Phi) is 9.15. The van der Waals surface area contributed by atoms with Gasteiger partial charge in [0.15, 0.2) is 0 Å². The van der Waals surface area contributed by atoms with E-state index < -0.39 is 6.04 Å². The van der Waals surface area contributed by atoms with Crippen molar-refractivity contribution in [2.24, 2.45) is 11.8 Å². The summed E-state index contributed by atoms with van der Waals surface area (Å²) in [4.78, 5) is 40.9. The summed E-state index contributed by atoms with van der Waals surface area (Å²) < 4.78 is 5.16. The molecule has 0 bridgehead atoms. The third kappa shape index (κ3) is 6.98. The summed E-state index contributed by atoms with van der Waals surface area (Å²) in [7, 11) is 1.56. The van der Waals surface area contributed by atoms with Gasteiger partial charge in [0, 0.05) is 35.3 Å². The molecule has 1 aliphatic rings. The zero-order chi connectivity index (χ0) is 25.5. The standard InChI is InChI=1S/C27H34ClN3O4/c1-17(2)18(3)29-26(33)24(30-25(32)20-7-11-23(35-4)12-8-20)19-13-15-31(16-14-19)27(34)21-5-9-22(28)10-6-21/h5-12,17-19,24H,13-16H2,1-4H3,(H,29,33)(H,30,32). The van der Waals surface area contributed by atoms with Crippen LogP contribution in [0.5, 0.6) is 5.75 Å². The van der Waals surface area contributed by atoms with Gasteiger partial charge in [0.05, 0.1) is 7.11 Å². The van der Waals surface area contributed by atoms with Crippen LogP contribution in [0.15, 0.2) is 48.5 Å². The molecule has 0 aliphatic carbocycles. The maximum Gasteiger partial charge on any atom is 0.253 e. The van der Waals surface area contributed by atoms with Gasteiger partial charge in [-0.1, -0.05) is 25.4 Å². The van der Waals surface area contributed by atoms with E-state index in [-0.39, 0.29) is 35.6 Å². The first kappa shape index (κ1) is 26.5. The summed E-state index contributed by atoms with van der Waals surface area (Å²) in [5.74, 6) is 0.248. The van der Waals surface area contributed by atoms with Crippen LogP contribution in [-0.4, -0.2) is 54.9 Å². The smallest absolute Gasteiger partial charge is 0.253 e. The Morgan fingerprint density at radius 1 is 0.914 bits per heavy atom. The normalized spacial score (nSPS) is 15.9. The number of nitrogens with one attached hydrogen (secondary N) is 2. The summed E-state index contributed by atoms with van der Waals surface area (Å²) in [6, 6.07) is 12.9. The number of benzene rings is 2. The van der Waals surface area contributed by atoms with E-state index in [1.807, 2.05) is 20.8 Å². The van der Waals surface area contributed by atoms with Gasteiger partial charge in [-0.2, -0.15) is 0 Å². The van der Waals surface area contributed by atoms with E-state index in [4.69, 9.17) is 16.3 Å². The van der Waals surface area contributed by atoms with Crippen molar-refractivity contribution in [1.82, 2.24) is 15.5 Å². The maximum absolute atomic E-state index is 13.3. The van der Waals surface area contributed by atoms with Crippen LogP contribution in [-0.2, 0) is 4.79 Å². The number of carbonyl (C=O) groups is 3. The minimum absolute atomic E-state index is 0.0329. The molecule has 7 nitrogen and oxygen atoms in total. The van der Waals surface area contributed by atoms with Crippen molar-refractivity contribution in [2.75, 3.05) is 20.2 Å². The predicted molar refractivity (Wildman–Crippen MR) is 137 cm³/mol. The third-order valence-corrected chi connectivity index (χ3v) is 6.93. The first-order valence-corrected chi connectivity index (χ1v) is 12.4. The fourth-order valence-corrected chi connectivity index (χ4v) is 4.18. The number of hydrogen-bond donors (Lipinski definition) is 2. The molecule has 1 fully saturated rings. The number of halogens is 1. The average Bonchev–Trinajstić information content (AvgIpc) is 2.87. The van der Waals surface area contributed by atoms with E-state index in [9.17, 15) is 14.4 Å². The predicted octanol–water partition coefficient (Wildman–Crippen LogP) is 4.16. The minimum Gasteiger partial charge on any atom is -0.497 e. The molecular weight excluding hydrogens is 466 g/mol. The van der Waals surface area contributed by atoms with Crippen LogP contribution in [0.3, 0.4) is 0 Å². The quantitative estimate of drug-likeness (QED) is 0.571. The molecule has 0 spiro atoms. The van der Waals surface area contributed by atoms with Crippen molar-refractivity contribution in [3.8, 4) is 5.75 Å². The van der Waals surface area contributed by atoms with Gasteiger partial charge < -0.3 is 20.3 Å². The van der Waals surface area contributed by atoms with Crippen molar-refractivity contribution < 1.29 is 19.1 Å². The lowest BCUT2D eigenvalue weighted by Crippen LogP contribution is -2.55. The van der Waals surface area contributed by atoms with E-state index in [0.29, 0.717) is 47.8 Å².